The third kappa shape index (κ3) is 4.28. The highest BCUT2D eigenvalue weighted by atomic mass is 32.2. The molecule has 0 aromatic heterocycles. The van der Waals surface area contributed by atoms with Gasteiger partial charge in [0.25, 0.3) is 5.91 Å². The molecule has 5 nitrogen and oxygen atoms in total. The maximum atomic E-state index is 13.1. The van der Waals surface area contributed by atoms with Gasteiger partial charge in [-0.2, -0.15) is 0 Å². The van der Waals surface area contributed by atoms with E-state index in [1.54, 1.807) is 24.2 Å². The van der Waals surface area contributed by atoms with Crippen molar-refractivity contribution in [1.82, 2.24) is 0 Å². The van der Waals surface area contributed by atoms with E-state index < -0.39 is 0 Å². The van der Waals surface area contributed by atoms with Crippen molar-refractivity contribution in [2.75, 3.05) is 24.4 Å². The van der Waals surface area contributed by atoms with E-state index in [1.165, 1.54) is 11.8 Å². The van der Waals surface area contributed by atoms with E-state index in [1.807, 2.05) is 55.5 Å². The number of carbonyl (C=O) groups excluding carboxylic acids is 1. The Balaban J connectivity index is 1.96. The first kappa shape index (κ1) is 19.8. The maximum absolute atomic E-state index is 13.1. The number of aliphatic imine (C=N–C) groups is 1. The van der Waals surface area contributed by atoms with Gasteiger partial charge in [0.1, 0.15) is 5.70 Å². The molecule has 0 radical (unpaired) electrons. The average Bonchev–Trinajstić information content (AvgIpc) is 3.03. The number of methoxy groups -OCH3 is 1. The summed E-state index contributed by atoms with van der Waals surface area (Å²) < 4.78 is 10.9. The zero-order valence-electron chi connectivity index (χ0n) is 15.9. The molecule has 144 valence electrons. The second-order valence-corrected chi connectivity index (χ2v) is 6.83. The van der Waals surface area contributed by atoms with Gasteiger partial charge < -0.3 is 9.47 Å². The lowest BCUT2D eigenvalue weighted by molar-refractivity contribution is -0.113. The topological polar surface area (TPSA) is 51.1 Å². The fourth-order valence-corrected chi connectivity index (χ4v) is 3.49. The lowest BCUT2D eigenvalue weighted by Gasteiger charge is -2.17. The van der Waals surface area contributed by atoms with Gasteiger partial charge in [0, 0.05) is 5.75 Å². The largest absolute Gasteiger partial charge is 0.493 e. The van der Waals surface area contributed by atoms with Crippen molar-refractivity contribution < 1.29 is 14.3 Å². The fraction of sp³-hybridized carbons (Fsp3) is 0.182. The monoisotopic (exact) mass is 394 g/mol. The van der Waals surface area contributed by atoms with E-state index in [2.05, 4.69) is 11.6 Å². The summed E-state index contributed by atoms with van der Waals surface area (Å²) in [5, 5.41) is 0.639. The lowest BCUT2D eigenvalue weighted by atomic mass is 10.1. The Morgan fingerprint density at radius 3 is 2.64 bits per heavy atom. The van der Waals surface area contributed by atoms with Gasteiger partial charge >= 0.3 is 0 Å². The average molecular weight is 394 g/mol. The number of rotatable bonds is 7. The van der Waals surface area contributed by atoms with Gasteiger partial charge in [0.05, 0.1) is 19.4 Å². The van der Waals surface area contributed by atoms with E-state index in [0.717, 1.165) is 11.3 Å². The van der Waals surface area contributed by atoms with Crippen molar-refractivity contribution in [1.29, 1.82) is 0 Å². The van der Waals surface area contributed by atoms with Crippen LogP contribution in [-0.2, 0) is 4.79 Å². The van der Waals surface area contributed by atoms with Crippen LogP contribution in [-0.4, -0.2) is 30.5 Å². The molecule has 6 heteroatoms. The molecule has 1 aliphatic rings. The van der Waals surface area contributed by atoms with Crippen molar-refractivity contribution in [2.24, 2.45) is 4.99 Å². The predicted octanol–water partition coefficient (Wildman–Crippen LogP) is 4.76. The maximum Gasteiger partial charge on any atom is 0.283 e. The molecule has 0 atom stereocenters. The number of hydrogen-bond acceptors (Lipinski definition) is 5. The smallest absolute Gasteiger partial charge is 0.283 e. The number of thioether (sulfide) groups is 1. The van der Waals surface area contributed by atoms with Crippen LogP contribution in [0.5, 0.6) is 11.5 Å². The van der Waals surface area contributed by atoms with E-state index >= 15 is 0 Å². The molecule has 0 aliphatic carbocycles. The molecule has 1 aliphatic heterocycles. The van der Waals surface area contributed by atoms with Crippen LogP contribution in [0, 0.1) is 0 Å². The van der Waals surface area contributed by atoms with Crippen LogP contribution < -0.4 is 14.4 Å². The van der Waals surface area contributed by atoms with E-state index in [-0.39, 0.29) is 5.91 Å². The van der Waals surface area contributed by atoms with Gasteiger partial charge in [-0.25, -0.2) is 4.99 Å². The number of carbonyl (C=O) groups is 1. The number of hydrogen-bond donors (Lipinski definition) is 0. The molecule has 2 aromatic carbocycles. The Hall–Kier alpha value is -2.99. The summed E-state index contributed by atoms with van der Waals surface area (Å²) in [5.74, 6) is 1.79. The van der Waals surface area contributed by atoms with Gasteiger partial charge in [-0.3, -0.25) is 9.69 Å². The molecule has 1 heterocycles. The first-order chi connectivity index (χ1) is 13.7. The minimum atomic E-state index is -0.161. The molecule has 0 bridgehead atoms. The van der Waals surface area contributed by atoms with E-state index in [9.17, 15) is 4.79 Å². The first-order valence-electron chi connectivity index (χ1n) is 8.92. The molecule has 0 N–H and O–H groups in total. The summed E-state index contributed by atoms with van der Waals surface area (Å²) in [6.07, 6.45) is 3.55. The number of ether oxygens (including phenoxy) is 2. The van der Waals surface area contributed by atoms with Crippen LogP contribution in [0.2, 0.25) is 0 Å². The van der Waals surface area contributed by atoms with Gasteiger partial charge in [0.15, 0.2) is 16.7 Å². The summed E-state index contributed by atoms with van der Waals surface area (Å²) in [5.41, 5.74) is 1.98. The van der Waals surface area contributed by atoms with Crippen molar-refractivity contribution in [3.63, 3.8) is 0 Å². The number of amidine groups is 1. The third-order valence-electron chi connectivity index (χ3n) is 3.97. The zero-order valence-corrected chi connectivity index (χ0v) is 16.7. The number of para-hydroxylation sites is 1. The Labute approximate surface area is 169 Å². The number of anilines is 1. The summed E-state index contributed by atoms with van der Waals surface area (Å²) in [4.78, 5) is 19.3. The molecule has 0 unspecified atom stereocenters. The number of nitrogens with zero attached hydrogens (tertiary/aromatic N) is 2. The highest BCUT2D eigenvalue weighted by Gasteiger charge is 2.31. The predicted molar refractivity (Wildman–Crippen MR) is 116 cm³/mol. The molecule has 0 spiro atoms. The highest BCUT2D eigenvalue weighted by molar-refractivity contribution is 8.14. The van der Waals surface area contributed by atoms with E-state index in [4.69, 9.17) is 9.47 Å². The second-order valence-electron chi connectivity index (χ2n) is 5.84. The van der Waals surface area contributed by atoms with Crippen LogP contribution in [0.25, 0.3) is 6.08 Å². The minimum absolute atomic E-state index is 0.161. The van der Waals surface area contributed by atoms with Crippen molar-refractivity contribution in [3.8, 4) is 11.5 Å². The standard InChI is InChI=1S/C22H22N2O3S/c1-4-13-28-22-23-18(21(25)24(22)17-9-7-6-8-10-17)14-16-11-12-19(27-5-2)20(15-16)26-3/h4,6-12,14-15H,1,5,13H2,2-3H3/b18-14+. The molecule has 3 rings (SSSR count). The normalized spacial score (nSPS) is 14.9. The molecular formula is C22H22N2O3S. The van der Waals surface area contributed by atoms with Crippen molar-refractivity contribution >= 4 is 34.6 Å². The molecule has 0 fully saturated rings. The molecular weight excluding hydrogens is 372 g/mol. The summed E-state index contributed by atoms with van der Waals surface area (Å²) in [6.45, 7) is 6.22. The Morgan fingerprint density at radius 1 is 1.18 bits per heavy atom. The van der Waals surface area contributed by atoms with Crippen LogP contribution in [0.3, 0.4) is 0 Å². The summed E-state index contributed by atoms with van der Waals surface area (Å²) in [7, 11) is 1.59. The fourth-order valence-electron chi connectivity index (χ4n) is 2.74. The van der Waals surface area contributed by atoms with Crippen molar-refractivity contribution in [3.05, 3.63) is 72.4 Å². The van der Waals surface area contributed by atoms with Crippen LogP contribution in [0.4, 0.5) is 5.69 Å². The summed E-state index contributed by atoms with van der Waals surface area (Å²) >= 11 is 1.47. The Bertz CT molecular complexity index is 923. The quantitative estimate of drug-likeness (QED) is 0.502. The SMILES string of the molecule is C=CCSC1=N/C(=C/c2ccc(OCC)c(OC)c2)C(=O)N1c1ccccc1. The molecule has 2 aromatic rings. The van der Waals surface area contributed by atoms with Gasteiger partial charge in [-0.15, -0.1) is 6.58 Å². The van der Waals surface area contributed by atoms with Gasteiger partial charge in [-0.05, 0) is 42.8 Å². The highest BCUT2D eigenvalue weighted by Crippen LogP contribution is 2.32. The van der Waals surface area contributed by atoms with Crippen molar-refractivity contribution in [2.45, 2.75) is 6.92 Å². The first-order valence-corrected chi connectivity index (χ1v) is 9.91. The number of amides is 1. The van der Waals surface area contributed by atoms with E-state index in [0.29, 0.717) is 34.7 Å². The Morgan fingerprint density at radius 2 is 1.96 bits per heavy atom. The van der Waals surface area contributed by atoms with Crippen LogP contribution in [0.1, 0.15) is 12.5 Å². The Kier molecular flexibility index (Phi) is 6.55. The molecule has 0 saturated heterocycles. The number of benzene rings is 2. The second kappa shape index (κ2) is 9.28. The minimum Gasteiger partial charge on any atom is -0.493 e. The molecule has 0 saturated carbocycles. The lowest BCUT2D eigenvalue weighted by Crippen LogP contribution is -2.30. The van der Waals surface area contributed by atoms with Crippen LogP contribution in [0.15, 0.2) is 71.9 Å². The van der Waals surface area contributed by atoms with Gasteiger partial charge in [-0.1, -0.05) is 42.1 Å². The molecule has 1 amide bonds. The van der Waals surface area contributed by atoms with Gasteiger partial charge in [0.2, 0.25) is 0 Å². The molecule has 28 heavy (non-hydrogen) atoms. The third-order valence-corrected chi connectivity index (χ3v) is 4.90. The summed E-state index contributed by atoms with van der Waals surface area (Å²) in [6, 6.07) is 15.1. The zero-order chi connectivity index (χ0) is 19.9. The van der Waals surface area contributed by atoms with Crippen LogP contribution >= 0.6 is 11.8 Å².